The van der Waals surface area contributed by atoms with Crippen molar-refractivity contribution in [2.24, 2.45) is 0 Å². The lowest BCUT2D eigenvalue weighted by Crippen LogP contribution is -2.39. The number of rotatable bonds is 8. The predicted molar refractivity (Wildman–Crippen MR) is 82.2 cm³/mol. The molecule has 0 bridgehead atoms. The first-order valence-corrected chi connectivity index (χ1v) is 7.23. The highest BCUT2D eigenvalue weighted by Gasteiger charge is 2.05. The van der Waals surface area contributed by atoms with Gasteiger partial charge in [-0.3, -0.25) is 4.79 Å². The molecular formula is C16H26N2O2. The SMILES string of the molecule is CCN[C@H](C)CNC(=O)CCOc1ccc(C)c(C)c1. The van der Waals surface area contributed by atoms with Crippen LogP contribution in [0.3, 0.4) is 0 Å². The Morgan fingerprint density at radius 2 is 2.05 bits per heavy atom. The van der Waals surface area contributed by atoms with E-state index in [0.717, 1.165) is 12.3 Å². The van der Waals surface area contributed by atoms with Gasteiger partial charge in [0, 0.05) is 12.6 Å². The fourth-order valence-corrected chi connectivity index (χ4v) is 1.84. The molecule has 1 atom stereocenters. The summed E-state index contributed by atoms with van der Waals surface area (Å²) in [5.41, 5.74) is 2.44. The van der Waals surface area contributed by atoms with E-state index in [1.165, 1.54) is 11.1 Å². The van der Waals surface area contributed by atoms with Gasteiger partial charge in [-0.25, -0.2) is 0 Å². The van der Waals surface area contributed by atoms with Crippen molar-refractivity contribution in [3.8, 4) is 5.75 Å². The van der Waals surface area contributed by atoms with Crippen LogP contribution in [-0.2, 0) is 4.79 Å². The lowest BCUT2D eigenvalue weighted by molar-refractivity contribution is -0.121. The first-order valence-electron chi connectivity index (χ1n) is 7.23. The van der Waals surface area contributed by atoms with Gasteiger partial charge in [-0.1, -0.05) is 13.0 Å². The Morgan fingerprint density at radius 1 is 1.30 bits per heavy atom. The maximum Gasteiger partial charge on any atom is 0.223 e. The Balaban J connectivity index is 2.23. The summed E-state index contributed by atoms with van der Waals surface area (Å²) >= 11 is 0. The summed E-state index contributed by atoms with van der Waals surface area (Å²) in [4.78, 5) is 11.6. The van der Waals surface area contributed by atoms with E-state index in [1.54, 1.807) is 0 Å². The summed E-state index contributed by atoms with van der Waals surface area (Å²) in [7, 11) is 0. The number of benzene rings is 1. The highest BCUT2D eigenvalue weighted by Crippen LogP contribution is 2.16. The molecule has 0 aliphatic heterocycles. The highest BCUT2D eigenvalue weighted by atomic mass is 16.5. The Hall–Kier alpha value is -1.55. The van der Waals surface area contributed by atoms with E-state index in [4.69, 9.17) is 4.74 Å². The van der Waals surface area contributed by atoms with Gasteiger partial charge in [0.05, 0.1) is 13.0 Å². The van der Waals surface area contributed by atoms with Crippen molar-refractivity contribution >= 4 is 5.91 Å². The van der Waals surface area contributed by atoms with Crippen LogP contribution < -0.4 is 15.4 Å². The molecule has 0 fully saturated rings. The Labute approximate surface area is 121 Å². The van der Waals surface area contributed by atoms with Crippen molar-refractivity contribution in [1.82, 2.24) is 10.6 Å². The van der Waals surface area contributed by atoms with Crippen LogP contribution in [0.1, 0.15) is 31.4 Å². The number of hydrogen-bond acceptors (Lipinski definition) is 3. The van der Waals surface area contributed by atoms with E-state index in [9.17, 15) is 4.79 Å². The van der Waals surface area contributed by atoms with Crippen LogP contribution in [0.15, 0.2) is 18.2 Å². The normalized spacial score (nSPS) is 12.0. The fraction of sp³-hybridized carbons (Fsp3) is 0.562. The second kappa shape index (κ2) is 8.59. The van der Waals surface area contributed by atoms with Gasteiger partial charge in [-0.2, -0.15) is 0 Å². The molecule has 1 amide bonds. The number of carbonyl (C=O) groups is 1. The zero-order valence-electron chi connectivity index (χ0n) is 13.0. The van der Waals surface area contributed by atoms with Crippen LogP contribution in [-0.4, -0.2) is 31.6 Å². The Kier molecular flexibility index (Phi) is 7.09. The highest BCUT2D eigenvalue weighted by molar-refractivity contribution is 5.76. The van der Waals surface area contributed by atoms with Gasteiger partial charge in [0.15, 0.2) is 0 Å². The maximum absolute atomic E-state index is 11.6. The second-order valence-corrected chi connectivity index (χ2v) is 5.11. The van der Waals surface area contributed by atoms with Crippen LogP contribution in [0.2, 0.25) is 0 Å². The monoisotopic (exact) mass is 278 g/mol. The van der Waals surface area contributed by atoms with Gasteiger partial charge in [-0.05, 0) is 50.6 Å². The Bertz CT molecular complexity index is 432. The smallest absolute Gasteiger partial charge is 0.223 e. The molecule has 112 valence electrons. The molecule has 1 aromatic carbocycles. The van der Waals surface area contributed by atoms with Crippen LogP contribution in [0.25, 0.3) is 0 Å². The summed E-state index contributed by atoms with van der Waals surface area (Å²) in [5.74, 6) is 0.848. The van der Waals surface area contributed by atoms with Crippen molar-refractivity contribution in [3.05, 3.63) is 29.3 Å². The van der Waals surface area contributed by atoms with Gasteiger partial charge in [0.2, 0.25) is 5.91 Å². The molecule has 4 nitrogen and oxygen atoms in total. The lowest BCUT2D eigenvalue weighted by Gasteiger charge is -2.13. The van der Waals surface area contributed by atoms with Crippen LogP contribution >= 0.6 is 0 Å². The van der Waals surface area contributed by atoms with Crippen LogP contribution in [0.4, 0.5) is 0 Å². The summed E-state index contributed by atoms with van der Waals surface area (Å²) in [6.45, 7) is 10.2. The molecule has 1 rings (SSSR count). The van der Waals surface area contributed by atoms with Crippen molar-refractivity contribution in [2.75, 3.05) is 19.7 Å². The maximum atomic E-state index is 11.6. The molecule has 4 heteroatoms. The first-order chi connectivity index (χ1) is 9.52. The van der Waals surface area contributed by atoms with E-state index in [2.05, 4.69) is 38.3 Å². The number of ether oxygens (including phenoxy) is 1. The molecule has 1 aromatic rings. The average Bonchev–Trinajstić information content (AvgIpc) is 2.41. The summed E-state index contributed by atoms with van der Waals surface area (Å²) in [6, 6.07) is 6.26. The quantitative estimate of drug-likeness (QED) is 0.766. The van der Waals surface area contributed by atoms with E-state index >= 15 is 0 Å². The number of nitrogens with one attached hydrogen (secondary N) is 2. The molecule has 2 N–H and O–H groups in total. The zero-order chi connectivity index (χ0) is 15.0. The van der Waals surface area contributed by atoms with E-state index in [0.29, 0.717) is 25.6 Å². The molecule has 0 saturated heterocycles. The van der Waals surface area contributed by atoms with Gasteiger partial charge in [0.25, 0.3) is 0 Å². The average molecular weight is 278 g/mol. The van der Waals surface area contributed by atoms with E-state index in [-0.39, 0.29) is 5.91 Å². The lowest BCUT2D eigenvalue weighted by atomic mass is 10.1. The number of hydrogen-bond donors (Lipinski definition) is 2. The van der Waals surface area contributed by atoms with E-state index in [1.807, 2.05) is 18.2 Å². The number of aryl methyl sites for hydroxylation is 2. The van der Waals surface area contributed by atoms with Crippen molar-refractivity contribution in [3.63, 3.8) is 0 Å². The minimum absolute atomic E-state index is 0.0265. The number of amides is 1. The van der Waals surface area contributed by atoms with Crippen LogP contribution in [0.5, 0.6) is 5.75 Å². The van der Waals surface area contributed by atoms with Gasteiger partial charge >= 0.3 is 0 Å². The largest absolute Gasteiger partial charge is 0.493 e. The van der Waals surface area contributed by atoms with Crippen molar-refractivity contribution in [1.29, 1.82) is 0 Å². The molecule has 0 unspecified atom stereocenters. The minimum Gasteiger partial charge on any atom is -0.493 e. The zero-order valence-corrected chi connectivity index (χ0v) is 13.0. The third-order valence-electron chi connectivity index (χ3n) is 3.23. The fourth-order valence-electron chi connectivity index (χ4n) is 1.84. The van der Waals surface area contributed by atoms with Crippen molar-refractivity contribution < 1.29 is 9.53 Å². The number of carbonyl (C=O) groups excluding carboxylic acids is 1. The third kappa shape index (κ3) is 6.06. The predicted octanol–water partition coefficient (Wildman–Crippen LogP) is 2.19. The molecule has 0 radical (unpaired) electrons. The summed E-state index contributed by atoms with van der Waals surface area (Å²) in [6.07, 6.45) is 0.381. The molecular weight excluding hydrogens is 252 g/mol. The van der Waals surface area contributed by atoms with Crippen molar-refractivity contribution in [2.45, 2.75) is 40.2 Å². The molecule has 0 aliphatic carbocycles. The molecule has 0 spiro atoms. The first kappa shape index (κ1) is 16.5. The Morgan fingerprint density at radius 3 is 2.70 bits per heavy atom. The van der Waals surface area contributed by atoms with Gasteiger partial charge in [-0.15, -0.1) is 0 Å². The molecule has 0 aliphatic rings. The second-order valence-electron chi connectivity index (χ2n) is 5.11. The van der Waals surface area contributed by atoms with Crippen LogP contribution in [0, 0.1) is 13.8 Å². The molecule has 20 heavy (non-hydrogen) atoms. The van der Waals surface area contributed by atoms with Gasteiger partial charge in [0.1, 0.15) is 5.75 Å². The molecule has 0 aromatic heterocycles. The van der Waals surface area contributed by atoms with Gasteiger partial charge < -0.3 is 15.4 Å². The topological polar surface area (TPSA) is 50.4 Å². The minimum atomic E-state index is 0.0265. The molecule has 0 saturated carbocycles. The number of likely N-dealkylation sites (N-methyl/N-ethyl adjacent to an activating group) is 1. The standard InChI is InChI=1S/C16H26N2O2/c1-5-17-14(4)11-18-16(19)8-9-20-15-7-6-12(2)13(3)10-15/h6-7,10,14,17H,5,8-9,11H2,1-4H3,(H,18,19)/t14-/m1/s1. The molecule has 0 heterocycles. The summed E-state index contributed by atoms with van der Waals surface area (Å²) in [5, 5.41) is 6.14. The summed E-state index contributed by atoms with van der Waals surface area (Å²) < 4.78 is 5.59. The van der Waals surface area contributed by atoms with E-state index < -0.39 is 0 Å². The third-order valence-corrected chi connectivity index (χ3v) is 3.23.